The molecule has 13 heteroatoms. The van der Waals surface area contributed by atoms with E-state index < -0.39 is 41.4 Å². The Morgan fingerprint density at radius 3 is 2.30 bits per heavy atom. The summed E-state index contributed by atoms with van der Waals surface area (Å²) in [6.07, 6.45) is -3.43. The first-order valence-corrected chi connectivity index (χ1v) is 14.0. The number of carbonyl (C=O) groups excluding carboxylic acids is 2. The van der Waals surface area contributed by atoms with Crippen LogP contribution in [0.4, 0.5) is 32.6 Å². The average Bonchev–Trinajstić information content (AvgIpc) is 3.44. The Bertz CT molecular complexity index is 1460. The van der Waals surface area contributed by atoms with E-state index >= 15 is 0 Å². The van der Waals surface area contributed by atoms with Crippen molar-refractivity contribution in [3.05, 3.63) is 88.6 Å². The van der Waals surface area contributed by atoms with Crippen molar-refractivity contribution in [3.63, 3.8) is 0 Å². The number of likely N-dealkylation sites (N-methyl/N-ethyl adjacent to an activating group) is 1. The Hall–Kier alpha value is -3.93. The highest BCUT2D eigenvalue weighted by molar-refractivity contribution is 6.30. The van der Waals surface area contributed by atoms with Gasteiger partial charge >= 0.3 is 12.3 Å². The van der Waals surface area contributed by atoms with Crippen LogP contribution in [0, 0.1) is 17.6 Å². The molecule has 5 rings (SSSR count). The van der Waals surface area contributed by atoms with E-state index in [0.717, 1.165) is 12.3 Å². The van der Waals surface area contributed by atoms with E-state index in [2.05, 4.69) is 4.98 Å². The van der Waals surface area contributed by atoms with Gasteiger partial charge in [0.15, 0.2) is 0 Å². The molecule has 0 saturated carbocycles. The first-order chi connectivity index (χ1) is 20.4. The van der Waals surface area contributed by atoms with Gasteiger partial charge in [-0.05, 0) is 66.9 Å². The van der Waals surface area contributed by atoms with E-state index in [4.69, 9.17) is 16.3 Å². The van der Waals surface area contributed by atoms with Crippen molar-refractivity contribution in [3.8, 4) is 5.75 Å². The zero-order valence-electron chi connectivity index (χ0n) is 23.0. The molecule has 3 heterocycles. The molecule has 2 aromatic carbocycles. The van der Waals surface area contributed by atoms with Crippen molar-refractivity contribution >= 4 is 29.4 Å². The van der Waals surface area contributed by atoms with E-state index in [1.807, 2.05) is 4.90 Å². The molecule has 0 spiro atoms. The highest BCUT2D eigenvalue weighted by Crippen LogP contribution is 2.35. The second kappa shape index (κ2) is 12.4. The third-order valence-electron chi connectivity index (χ3n) is 8.02. The molecule has 1 unspecified atom stereocenters. The number of hydrogen-bond acceptors (Lipinski definition) is 5. The Kier molecular flexibility index (Phi) is 8.77. The van der Waals surface area contributed by atoms with Crippen molar-refractivity contribution in [2.75, 3.05) is 38.1 Å². The fraction of sp³-hybridized carbons (Fsp3) is 0.367. The number of rotatable bonds is 5. The van der Waals surface area contributed by atoms with Gasteiger partial charge < -0.3 is 19.4 Å². The lowest BCUT2D eigenvalue weighted by atomic mass is 9.93. The van der Waals surface area contributed by atoms with Crippen LogP contribution in [-0.4, -0.2) is 66.1 Å². The minimum absolute atomic E-state index is 0.0817. The summed E-state index contributed by atoms with van der Waals surface area (Å²) in [5.41, 5.74) is -0.176. The molecule has 2 atom stereocenters. The number of aromatic nitrogens is 1. The van der Waals surface area contributed by atoms with Gasteiger partial charge in [-0.2, -0.15) is 13.2 Å². The summed E-state index contributed by atoms with van der Waals surface area (Å²) in [5, 5.41) is -0.0817. The molecule has 7 nitrogen and oxygen atoms in total. The summed E-state index contributed by atoms with van der Waals surface area (Å²) in [6, 6.07) is 11.1. The Morgan fingerprint density at radius 2 is 1.70 bits per heavy atom. The van der Waals surface area contributed by atoms with Crippen LogP contribution in [0.2, 0.25) is 5.02 Å². The van der Waals surface area contributed by atoms with Gasteiger partial charge in [-0.3, -0.25) is 4.79 Å². The first kappa shape index (κ1) is 30.5. The SMILES string of the molecule is CN(C(=O)Oc1ccc(F)cc1)[C@@H]1CN(C(=O)C2CCN(c3ccc(C(F)(F)F)cn3)CC2)CC1c1ccc(F)c(Cl)c1. The van der Waals surface area contributed by atoms with Gasteiger partial charge in [0.25, 0.3) is 0 Å². The molecule has 0 N–H and O–H groups in total. The highest BCUT2D eigenvalue weighted by Gasteiger charge is 2.42. The van der Waals surface area contributed by atoms with Gasteiger partial charge in [-0.25, -0.2) is 18.6 Å². The number of hydrogen-bond donors (Lipinski definition) is 0. The molecule has 43 heavy (non-hydrogen) atoms. The van der Waals surface area contributed by atoms with Crippen LogP contribution in [0.25, 0.3) is 0 Å². The molecular formula is C30H28ClF5N4O3. The molecule has 0 radical (unpaired) electrons. The van der Waals surface area contributed by atoms with Crippen molar-refractivity contribution in [1.29, 1.82) is 0 Å². The number of pyridine rings is 1. The topological polar surface area (TPSA) is 66.0 Å². The fourth-order valence-corrected chi connectivity index (χ4v) is 5.78. The lowest BCUT2D eigenvalue weighted by molar-refractivity contribution is -0.138. The summed E-state index contributed by atoms with van der Waals surface area (Å²) in [5.74, 6) is -1.35. The van der Waals surface area contributed by atoms with E-state index in [9.17, 15) is 31.5 Å². The van der Waals surface area contributed by atoms with Crippen LogP contribution in [0.5, 0.6) is 5.75 Å². The van der Waals surface area contributed by atoms with Crippen molar-refractivity contribution in [1.82, 2.24) is 14.8 Å². The average molecular weight is 623 g/mol. The van der Waals surface area contributed by atoms with Crippen LogP contribution < -0.4 is 9.64 Å². The Balaban J connectivity index is 1.28. The predicted octanol–water partition coefficient (Wildman–Crippen LogP) is 6.37. The number of likely N-dealkylation sites (tertiary alicyclic amines) is 1. The maximum atomic E-state index is 13.9. The maximum absolute atomic E-state index is 13.9. The predicted molar refractivity (Wildman–Crippen MR) is 149 cm³/mol. The summed E-state index contributed by atoms with van der Waals surface area (Å²) in [4.78, 5) is 35.6. The zero-order valence-corrected chi connectivity index (χ0v) is 23.8. The third-order valence-corrected chi connectivity index (χ3v) is 8.31. The van der Waals surface area contributed by atoms with Gasteiger partial charge in [0.2, 0.25) is 5.91 Å². The summed E-state index contributed by atoms with van der Waals surface area (Å²) >= 11 is 6.06. The van der Waals surface area contributed by atoms with E-state index in [1.165, 1.54) is 54.4 Å². The number of halogens is 6. The van der Waals surface area contributed by atoms with Crippen LogP contribution >= 0.6 is 11.6 Å². The van der Waals surface area contributed by atoms with E-state index in [1.54, 1.807) is 11.0 Å². The standard InChI is InChI=1S/C30H28ClF5N4O3/c1-38(29(42)43-22-6-4-21(32)5-7-22)26-17-40(16-23(26)19-2-8-25(33)24(31)14-19)28(41)18-10-12-39(13-11-18)27-9-3-20(15-37-27)30(34,35)36/h2-9,14-15,18,23,26H,10-13,16-17H2,1H3/t23?,26-/m1/s1. The van der Waals surface area contributed by atoms with E-state index in [-0.39, 0.29) is 35.7 Å². The van der Waals surface area contributed by atoms with Gasteiger partial charge in [-0.1, -0.05) is 17.7 Å². The lowest BCUT2D eigenvalue weighted by Crippen LogP contribution is -2.45. The van der Waals surface area contributed by atoms with E-state index in [0.29, 0.717) is 37.3 Å². The van der Waals surface area contributed by atoms with Gasteiger partial charge in [0.05, 0.1) is 16.6 Å². The largest absolute Gasteiger partial charge is 0.417 e. The van der Waals surface area contributed by atoms with Crippen molar-refractivity contribution in [2.24, 2.45) is 5.92 Å². The first-order valence-electron chi connectivity index (χ1n) is 13.6. The number of benzene rings is 2. The fourth-order valence-electron chi connectivity index (χ4n) is 5.59. The quantitative estimate of drug-likeness (QED) is 0.309. The molecule has 2 aliphatic rings. The molecule has 228 valence electrons. The monoisotopic (exact) mass is 622 g/mol. The summed E-state index contributed by atoms with van der Waals surface area (Å²) in [7, 11) is 1.54. The zero-order chi connectivity index (χ0) is 30.9. The second-order valence-electron chi connectivity index (χ2n) is 10.7. The number of anilines is 1. The number of ether oxygens (including phenoxy) is 1. The lowest BCUT2D eigenvalue weighted by Gasteiger charge is -2.34. The smallest absolute Gasteiger partial charge is 0.410 e. The molecular weight excluding hydrogens is 595 g/mol. The normalized spacial score (nSPS) is 19.4. The number of amides is 2. The van der Waals surface area contributed by atoms with Crippen LogP contribution in [0.3, 0.4) is 0 Å². The summed E-state index contributed by atoms with van der Waals surface area (Å²) in [6.45, 7) is 1.31. The third kappa shape index (κ3) is 6.84. The van der Waals surface area contributed by atoms with Gasteiger partial charge in [0, 0.05) is 51.3 Å². The minimum atomic E-state index is -4.47. The number of nitrogens with zero attached hydrogens (tertiary/aromatic N) is 4. The molecule has 1 aromatic heterocycles. The molecule has 0 aliphatic carbocycles. The summed E-state index contributed by atoms with van der Waals surface area (Å²) < 4.78 is 71.3. The van der Waals surface area contributed by atoms with Crippen LogP contribution in [-0.2, 0) is 11.0 Å². The van der Waals surface area contributed by atoms with Crippen LogP contribution in [0.15, 0.2) is 60.8 Å². The molecule has 2 amide bonds. The second-order valence-corrected chi connectivity index (χ2v) is 11.1. The van der Waals surface area contributed by atoms with Crippen molar-refractivity contribution in [2.45, 2.75) is 31.0 Å². The number of piperidine rings is 1. The highest BCUT2D eigenvalue weighted by atomic mass is 35.5. The minimum Gasteiger partial charge on any atom is -0.410 e. The molecule has 2 fully saturated rings. The Labute approximate surface area is 249 Å². The van der Waals surface area contributed by atoms with Crippen LogP contribution in [0.1, 0.15) is 29.9 Å². The molecule has 0 bridgehead atoms. The van der Waals surface area contributed by atoms with Gasteiger partial charge in [0.1, 0.15) is 23.2 Å². The molecule has 2 saturated heterocycles. The Morgan fingerprint density at radius 1 is 1.00 bits per heavy atom. The molecule has 2 aliphatic heterocycles. The molecule has 3 aromatic rings. The number of carbonyl (C=O) groups is 2. The maximum Gasteiger partial charge on any atom is 0.417 e. The van der Waals surface area contributed by atoms with Crippen molar-refractivity contribution < 1.29 is 36.3 Å². The number of alkyl halides is 3. The van der Waals surface area contributed by atoms with Gasteiger partial charge in [-0.15, -0.1) is 0 Å².